The molecule has 3 aromatic rings. The minimum absolute atomic E-state index is 0.248. The van der Waals surface area contributed by atoms with Crippen LogP contribution in [0.25, 0.3) is 10.8 Å². The van der Waals surface area contributed by atoms with E-state index in [9.17, 15) is 23.3 Å². The first-order chi connectivity index (χ1) is 13.3. The van der Waals surface area contributed by atoms with Gasteiger partial charge in [0.05, 0.1) is 16.4 Å². The lowest BCUT2D eigenvalue weighted by molar-refractivity contribution is -0.385. The van der Waals surface area contributed by atoms with Gasteiger partial charge in [-0.2, -0.15) is 4.31 Å². The number of anilines is 1. The van der Waals surface area contributed by atoms with Gasteiger partial charge < -0.3 is 5.32 Å². The average molecular weight is 399 g/mol. The van der Waals surface area contributed by atoms with Crippen LogP contribution in [0.15, 0.2) is 71.6 Å². The molecule has 9 heteroatoms. The third-order valence-corrected chi connectivity index (χ3v) is 5.97. The largest absolute Gasteiger partial charge is 0.324 e. The number of carbonyl (C=O) groups is 1. The predicted molar refractivity (Wildman–Crippen MR) is 105 cm³/mol. The third-order valence-electron chi connectivity index (χ3n) is 4.17. The molecule has 0 aliphatic heterocycles. The lowest BCUT2D eigenvalue weighted by Crippen LogP contribution is -2.35. The number of rotatable bonds is 6. The lowest BCUT2D eigenvalue weighted by atomic mass is 10.1. The summed E-state index contributed by atoms with van der Waals surface area (Å²) in [6.07, 6.45) is 0. The Hall–Kier alpha value is -3.30. The molecule has 0 unspecified atom stereocenters. The topological polar surface area (TPSA) is 110 Å². The predicted octanol–water partition coefficient (Wildman–Crippen LogP) is 3.01. The first-order valence-corrected chi connectivity index (χ1v) is 9.71. The molecule has 3 rings (SSSR count). The van der Waals surface area contributed by atoms with E-state index in [1.54, 1.807) is 12.1 Å². The fourth-order valence-electron chi connectivity index (χ4n) is 2.75. The molecule has 3 aromatic carbocycles. The molecule has 1 N–H and O–H groups in total. The lowest BCUT2D eigenvalue weighted by Gasteiger charge is -2.17. The molecular formula is C19H17N3O5S. The number of likely N-dealkylation sites (N-methyl/N-ethyl adjacent to an activating group) is 1. The Morgan fingerprint density at radius 1 is 1.07 bits per heavy atom. The maximum atomic E-state index is 12.6. The highest BCUT2D eigenvalue weighted by molar-refractivity contribution is 7.89. The SMILES string of the molecule is CN(CC(=O)Nc1cccc2ccccc12)S(=O)(=O)c1cccc([N+](=O)[O-])c1. The summed E-state index contributed by atoms with van der Waals surface area (Å²) in [5.74, 6) is -0.521. The zero-order valence-corrected chi connectivity index (χ0v) is 15.7. The number of hydrogen-bond acceptors (Lipinski definition) is 5. The summed E-state index contributed by atoms with van der Waals surface area (Å²) < 4.78 is 26.1. The van der Waals surface area contributed by atoms with Gasteiger partial charge in [-0.15, -0.1) is 0 Å². The Labute approximate surface area is 161 Å². The number of carbonyl (C=O) groups excluding carboxylic acids is 1. The number of hydrogen-bond donors (Lipinski definition) is 1. The van der Waals surface area contributed by atoms with Crippen LogP contribution in [0.4, 0.5) is 11.4 Å². The summed E-state index contributed by atoms with van der Waals surface area (Å²) in [7, 11) is -2.81. The molecule has 144 valence electrons. The summed E-state index contributed by atoms with van der Waals surface area (Å²) in [5.41, 5.74) is 0.235. The van der Waals surface area contributed by atoms with Crippen molar-refractivity contribution in [1.82, 2.24) is 4.31 Å². The van der Waals surface area contributed by atoms with Crippen molar-refractivity contribution in [2.75, 3.05) is 18.9 Å². The van der Waals surface area contributed by atoms with Crippen LogP contribution in [0.5, 0.6) is 0 Å². The summed E-state index contributed by atoms with van der Waals surface area (Å²) in [6, 6.07) is 17.6. The normalized spacial score (nSPS) is 11.5. The molecule has 0 aliphatic carbocycles. The van der Waals surface area contributed by atoms with Crippen molar-refractivity contribution in [2.24, 2.45) is 0 Å². The van der Waals surface area contributed by atoms with E-state index in [1.165, 1.54) is 25.2 Å². The summed E-state index contributed by atoms with van der Waals surface area (Å²) >= 11 is 0. The zero-order valence-electron chi connectivity index (χ0n) is 14.9. The number of nitrogens with zero attached hydrogens (tertiary/aromatic N) is 2. The molecule has 1 amide bonds. The van der Waals surface area contributed by atoms with Crippen LogP contribution >= 0.6 is 0 Å². The molecule has 0 atom stereocenters. The van der Waals surface area contributed by atoms with Crippen molar-refractivity contribution in [2.45, 2.75) is 4.90 Å². The van der Waals surface area contributed by atoms with E-state index in [1.807, 2.05) is 30.3 Å². The van der Waals surface area contributed by atoms with Crippen LogP contribution in [-0.2, 0) is 14.8 Å². The van der Waals surface area contributed by atoms with Crippen molar-refractivity contribution in [3.05, 3.63) is 76.8 Å². The standard InChI is InChI=1S/C19H17N3O5S/c1-21(28(26,27)16-9-5-8-15(12-16)22(24)25)13-19(23)20-18-11-4-7-14-6-2-3-10-17(14)18/h2-12H,13H2,1H3,(H,20,23). The molecule has 0 spiro atoms. The summed E-state index contributed by atoms with van der Waals surface area (Å²) in [5, 5.41) is 15.4. The van der Waals surface area contributed by atoms with E-state index >= 15 is 0 Å². The van der Waals surface area contributed by atoms with E-state index in [4.69, 9.17) is 0 Å². The molecule has 0 aromatic heterocycles. The van der Waals surface area contributed by atoms with Crippen molar-refractivity contribution >= 4 is 38.1 Å². The monoisotopic (exact) mass is 399 g/mol. The van der Waals surface area contributed by atoms with Crippen LogP contribution < -0.4 is 5.32 Å². The molecule has 0 heterocycles. The van der Waals surface area contributed by atoms with Crippen LogP contribution in [0.1, 0.15) is 0 Å². The molecule has 0 saturated carbocycles. The minimum Gasteiger partial charge on any atom is -0.324 e. The number of nitro groups is 1. The molecule has 0 fully saturated rings. The highest BCUT2D eigenvalue weighted by atomic mass is 32.2. The van der Waals surface area contributed by atoms with Gasteiger partial charge >= 0.3 is 0 Å². The van der Waals surface area contributed by atoms with Crippen LogP contribution in [0, 0.1) is 10.1 Å². The minimum atomic E-state index is -4.06. The van der Waals surface area contributed by atoms with Crippen molar-refractivity contribution in [3.8, 4) is 0 Å². The first kappa shape index (κ1) is 19.5. The Bertz CT molecular complexity index is 1160. The van der Waals surface area contributed by atoms with E-state index in [0.29, 0.717) is 5.69 Å². The fourth-order valence-corrected chi connectivity index (χ4v) is 3.92. The number of fused-ring (bicyclic) bond motifs is 1. The van der Waals surface area contributed by atoms with Crippen molar-refractivity contribution in [3.63, 3.8) is 0 Å². The number of amides is 1. The van der Waals surface area contributed by atoms with Crippen LogP contribution in [0.3, 0.4) is 0 Å². The van der Waals surface area contributed by atoms with E-state index in [-0.39, 0.29) is 10.6 Å². The maximum Gasteiger partial charge on any atom is 0.270 e. The number of nitrogens with one attached hydrogen (secondary N) is 1. The smallest absolute Gasteiger partial charge is 0.270 e. The quantitative estimate of drug-likeness (QED) is 0.506. The average Bonchev–Trinajstić information content (AvgIpc) is 2.68. The second kappa shape index (κ2) is 7.75. The van der Waals surface area contributed by atoms with Gasteiger partial charge in [-0.25, -0.2) is 8.42 Å². The number of non-ortho nitro benzene ring substituents is 1. The second-order valence-corrected chi connectivity index (χ2v) is 8.14. The first-order valence-electron chi connectivity index (χ1n) is 8.27. The highest BCUT2D eigenvalue weighted by Gasteiger charge is 2.25. The Morgan fingerprint density at radius 3 is 2.50 bits per heavy atom. The van der Waals surface area contributed by atoms with Gasteiger partial charge in [0.15, 0.2) is 0 Å². The van der Waals surface area contributed by atoms with E-state index in [0.717, 1.165) is 21.1 Å². The highest BCUT2D eigenvalue weighted by Crippen LogP contribution is 2.23. The van der Waals surface area contributed by atoms with Gasteiger partial charge in [0.25, 0.3) is 5.69 Å². The van der Waals surface area contributed by atoms with Gasteiger partial charge in [-0.05, 0) is 17.5 Å². The number of benzene rings is 3. The number of sulfonamides is 1. The van der Waals surface area contributed by atoms with E-state index in [2.05, 4.69) is 5.32 Å². The Morgan fingerprint density at radius 2 is 1.75 bits per heavy atom. The molecular weight excluding hydrogens is 382 g/mol. The third kappa shape index (κ3) is 4.00. The molecule has 0 aliphatic rings. The second-order valence-electron chi connectivity index (χ2n) is 6.09. The molecule has 28 heavy (non-hydrogen) atoms. The van der Waals surface area contributed by atoms with Gasteiger partial charge in [-0.3, -0.25) is 14.9 Å². The van der Waals surface area contributed by atoms with Crippen molar-refractivity contribution < 1.29 is 18.1 Å². The number of nitro benzene ring substituents is 1. The van der Waals surface area contributed by atoms with Crippen LogP contribution in [0.2, 0.25) is 0 Å². The van der Waals surface area contributed by atoms with Gasteiger partial charge in [-0.1, -0.05) is 42.5 Å². The van der Waals surface area contributed by atoms with Gasteiger partial charge in [0, 0.05) is 30.3 Å². The van der Waals surface area contributed by atoms with Crippen LogP contribution in [-0.4, -0.2) is 37.1 Å². The van der Waals surface area contributed by atoms with Crippen molar-refractivity contribution in [1.29, 1.82) is 0 Å². The Kier molecular flexibility index (Phi) is 5.39. The fraction of sp³-hybridized carbons (Fsp3) is 0.105. The van der Waals surface area contributed by atoms with E-state index < -0.39 is 27.4 Å². The maximum absolute atomic E-state index is 12.6. The molecule has 0 bridgehead atoms. The molecule has 0 radical (unpaired) electrons. The molecule has 8 nitrogen and oxygen atoms in total. The summed E-state index contributed by atoms with van der Waals surface area (Å²) in [6.45, 7) is -0.436. The Balaban J connectivity index is 1.78. The molecule has 0 saturated heterocycles. The summed E-state index contributed by atoms with van der Waals surface area (Å²) in [4.78, 5) is 22.3. The van der Waals surface area contributed by atoms with Gasteiger partial charge in [0.1, 0.15) is 0 Å². The van der Waals surface area contributed by atoms with Gasteiger partial charge in [0.2, 0.25) is 15.9 Å². The zero-order chi connectivity index (χ0) is 20.3.